The van der Waals surface area contributed by atoms with Crippen molar-refractivity contribution in [1.29, 1.82) is 0 Å². The van der Waals surface area contributed by atoms with E-state index in [9.17, 15) is 4.79 Å². The first-order valence-corrected chi connectivity index (χ1v) is 7.21. The first-order valence-electron chi connectivity index (χ1n) is 6.83. The smallest absolute Gasteiger partial charge is 0.262 e. The van der Waals surface area contributed by atoms with Crippen molar-refractivity contribution in [3.8, 4) is 11.5 Å². The Kier molecular flexibility index (Phi) is 5.28. The van der Waals surface area contributed by atoms with Gasteiger partial charge in [0.15, 0.2) is 18.1 Å². The molecule has 0 aliphatic rings. The standard InChI is InChI=1S/C17H18ClNO3/c1-11-4-7-15(16(8-11)21-3)22-10-17(20)19-13-6-5-12(2)14(18)9-13/h4-9H,10H2,1-3H3,(H,19,20). The number of methoxy groups -OCH3 is 1. The van der Waals surface area contributed by atoms with Gasteiger partial charge in [-0.2, -0.15) is 0 Å². The van der Waals surface area contributed by atoms with Crippen LogP contribution in [0.5, 0.6) is 11.5 Å². The van der Waals surface area contributed by atoms with Gasteiger partial charge < -0.3 is 14.8 Å². The molecule has 0 aliphatic heterocycles. The second-order valence-corrected chi connectivity index (χ2v) is 5.36. The van der Waals surface area contributed by atoms with Crippen molar-refractivity contribution in [2.75, 3.05) is 19.0 Å². The van der Waals surface area contributed by atoms with Crippen LogP contribution in [0.15, 0.2) is 36.4 Å². The van der Waals surface area contributed by atoms with Crippen molar-refractivity contribution in [2.45, 2.75) is 13.8 Å². The Hall–Kier alpha value is -2.20. The first-order chi connectivity index (χ1) is 10.5. The molecule has 2 rings (SSSR count). The van der Waals surface area contributed by atoms with Crippen LogP contribution < -0.4 is 14.8 Å². The van der Waals surface area contributed by atoms with Crippen molar-refractivity contribution in [2.24, 2.45) is 0 Å². The van der Waals surface area contributed by atoms with Crippen LogP contribution in [0, 0.1) is 13.8 Å². The molecular formula is C17H18ClNO3. The Bertz CT molecular complexity index is 686. The van der Waals surface area contributed by atoms with Gasteiger partial charge in [0.1, 0.15) is 0 Å². The number of ether oxygens (including phenoxy) is 2. The van der Waals surface area contributed by atoms with Crippen molar-refractivity contribution in [3.05, 3.63) is 52.5 Å². The highest BCUT2D eigenvalue weighted by atomic mass is 35.5. The molecular weight excluding hydrogens is 302 g/mol. The Morgan fingerprint density at radius 3 is 2.59 bits per heavy atom. The molecule has 2 aromatic carbocycles. The molecule has 0 heterocycles. The molecule has 116 valence electrons. The average molecular weight is 320 g/mol. The second kappa shape index (κ2) is 7.18. The van der Waals surface area contributed by atoms with Crippen molar-refractivity contribution < 1.29 is 14.3 Å². The van der Waals surface area contributed by atoms with E-state index in [1.54, 1.807) is 25.3 Å². The predicted molar refractivity (Wildman–Crippen MR) is 88.0 cm³/mol. The van der Waals surface area contributed by atoms with Gasteiger partial charge in [0.05, 0.1) is 7.11 Å². The fourth-order valence-corrected chi connectivity index (χ4v) is 2.09. The molecule has 0 aromatic heterocycles. The van der Waals surface area contributed by atoms with E-state index >= 15 is 0 Å². The number of aryl methyl sites for hydroxylation is 2. The van der Waals surface area contributed by atoms with E-state index in [1.165, 1.54) is 0 Å². The van der Waals surface area contributed by atoms with Gasteiger partial charge in [0, 0.05) is 10.7 Å². The van der Waals surface area contributed by atoms with Crippen LogP contribution in [-0.2, 0) is 4.79 Å². The third kappa shape index (κ3) is 4.15. The minimum Gasteiger partial charge on any atom is -0.493 e. The van der Waals surface area contributed by atoms with Crippen LogP contribution in [0.3, 0.4) is 0 Å². The predicted octanol–water partition coefficient (Wildman–Crippen LogP) is 3.98. The second-order valence-electron chi connectivity index (χ2n) is 4.96. The van der Waals surface area contributed by atoms with Gasteiger partial charge >= 0.3 is 0 Å². The Balaban J connectivity index is 1.96. The molecule has 2 aromatic rings. The zero-order valence-corrected chi connectivity index (χ0v) is 13.5. The highest BCUT2D eigenvalue weighted by molar-refractivity contribution is 6.31. The zero-order valence-electron chi connectivity index (χ0n) is 12.8. The van der Waals surface area contributed by atoms with E-state index in [4.69, 9.17) is 21.1 Å². The summed E-state index contributed by atoms with van der Waals surface area (Å²) in [6.45, 7) is 3.76. The Labute approximate surface area is 135 Å². The number of anilines is 1. The summed E-state index contributed by atoms with van der Waals surface area (Å²) in [5, 5.41) is 3.35. The summed E-state index contributed by atoms with van der Waals surface area (Å²) in [5.74, 6) is 0.874. The third-order valence-corrected chi connectivity index (χ3v) is 3.54. The maximum Gasteiger partial charge on any atom is 0.262 e. The molecule has 0 saturated heterocycles. The lowest BCUT2D eigenvalue weighted by molar-refractivity contribution is -0.118. The molecule has 0 fully saturated rings. The molecule has 4 nitrogen and oxygen atoms in total. The number of halogens is 1. The van der Waals surface area contributed by atoms with E-state index in [2.05, 4.69) is 5.32 Å². The SMILES string of the molecule is COc1cc(C)ccc1OCC(=O)Nc1ccc(C)c(Cl)c1. The molecule has 0 spiro atoms. The minimum absolute atomic E-state index is 0.106. The number of hydrogen-bond donors (Lipinski definition) is 1. The van der Waals surface area contributed by atoms with Crippen LogP contribution >= 0.6 is 11.6 Å². The van der Waals surface area contributed by atoms with Crippen LogP contribution in [0.25, 0.3) is 0 Å². The molecule has 0 radical (unpaired) electrons. The Morgan fingerprint density at radius 1 is 1.14 bits per heavy atom. The van der Waals surface area contributed by atoms with E-state index in [0.29, 0.717) is 22.2 Å². The fraction of sp³-hybridized carbons (Fsp3) is 0.235. The molecule has 1 amide bonds. The maximum atomic E-state index is 11.9. The number of carbonyl (C=O) groups excluding carboxylic acids is 1. The molecule has 0 bridgehead atoms. The molecule has 5 heteroatoms. The molecule has 22 heavy (non-hydrogen) atoms. The van der Waals surface area contributed by atoms with E-state index in [1.807, 2.05) is 32.0 Å². The van der Waals surface area contributed by atoms with Gasteiger partial charge in [-0.1, -0.05) is 23.7 Å². The molecule has 0 atom stereocenters. The molecule has 0 aliphatic carbocycles. The molecule has 1 N–H and O–H groups in total. The summed E-state index contributed by atoms with van der Waals surface area (Å²) >= 11 is 6.03. The van der Waals surface area contributed by atoms with Crippen LogP contribution in [0.4, 0.5) is 5.69 Å². The monoisotopic (exact) mass is 319 g/mol. The topological polar surface area (TPSA) is 47.6 Å². The quantitative estimate of drug-likeness (QED) is 0.906. The average Bonchev–Trinajstić information content (AvgIpc) is 2.49. The molecule has 0 saturated carbocycles. The number of amides is 1. The van der Waals surface area contributed by atoms with Gasteiger partial charge in [-0.05, 0) is 49.2 Å². The van der Waals surface area contributed by atoms with E-state index < -0.39 is 0 Å². The van der Waals surface area contributed by atoms with Crippen LogP contribution in [0.1, 0.15) is 11.1 Å². The van der Waals surface area contributed by atoms with E-state index in [-0.39, 0.29) is 12.5 Å². The van der Waals surface area contributed by atoms with Crippen molar-refractivity contribution in [3.63, 3.8) is 0 Å². The summed E-state index contributed by atoms with van der Waals surface area (Å²) in [6.07, 6.45) is 0. The lowest BCUT2D eigenvalue weighted by atomic mass is 10.2. The first kappa shape index (κ1) is 16.2. The highest BCUT2D eigenvalue weighted by Gasteiger charge is 2.08. The lowest BCUT2D eigenvalue weighted by Crippen LogP contribution is -2.20. The largest absolute Gasteiger partial charge is 0.493 e. The normalized spacial score (nSPS) is 10.2. The minimum atomic E-state index is -0.262. The zero-order chi connectivity index (χ0) is 16.1. The highest BCUT2D eigenvalue weighted by Crippen LogP contribution is 2.27. The summed E-state index contributed by atoms with van der Waals surface area (Å²) < 4.78 is 10.7. The van der Waals surface area contributed by atoms with Crippen LogP contribution in [-0.4, -0.2) is 19.6 Å². The number of nitrogens with one attached hydrogen (secondary N) is 1. The number of hydrogen-bond acceptors (Lipinski definition) is 3. The van der Waals surface area contributed by atoms with Gasteiger partial charge in [0.2, 0.25) is 0 Å². The van der Waals surface area contributed by atoms with Gasteiger partial charge in [-0.15, -0.1) is 0 Å². The third-order valence-electron chi connectivity index (χ3n) is 3.13. The van der Waals surface area contributed by atoms with Gasteiger partial charge in [-0.25, -0.2) is 0 Å². The summed E-state index contributed by atoms with van der Waals surface area (Å²) in [5.41, 5.74) is 2.66. The summed E-state index contributed by atoms with van der Waals surface area (Å²) in [4.78, 5) is 11.9. The van der Waals surface area contributed by atoms with Crippen LogP contribution in [0.2, 0.25) is 5.02 Å². The van der Waals surface area contributed by atoms with E-state index in [0.717, 1.165) is 11.1 Å². The van der Waals surface area contributed by atoms with Gasteiger partial charge in [0.25, 0.3) is 5.91 Å². The summed E-state index contributed by atoms with van der Waals surface area (Å²) in [6, 6.07) is 10.9. The van der Waals surface area contributed by atoms with Crippen molar-refractivity contribution >= 4 is 23.2 Å². The number of rotatable bonds is 5. The van der Waals surface area contributed by atoms with Crippen molar-refractivity contribution in [1.82, 2.24) is 0 Å². The molecule has 0 unspecified atom stereocenters. The maximum absolute atomic E-state index is 11.9. The Morgan fingerprint density at radius 2 is 1.91 bits per heavy atom. The lowest BCUT2D eigenvalue weighted by Gasteiger charge is -2.11. The number of carbonyl (C=O) groups is 1. The fourth-order valence-electron chi connectivity index (χ4n) is 1.91. The number of benzene rings is 2. The summed E-state index contributed by atoms with van der Waals surface area (Å²) in [7, 11) is 1.57. The van der Waals surface area contributed by atoms with Gasteiger partial charge in [-0.3, -0.25) is 4.79 Å².